The number of amides is 1. The number of halogens is 1. The predicted molar refractivity (Wildman–Crippen MR) is 80.0 cm³/mol. The maximum atomic E-state index is 12.2. The second-order valence-electron chi connectivity index (χ2n) is 3.98. The Bertz CT molecular complexity index is 526. The van der Waals surface area contributed by atoms with Crippen molar-refractivity contribution in [3.05, 3.63) is 35.2 Å². The van der Waals surface area contributed by atoms with Crippen LogP contribution in [0.25, 0.3) is 10.1 Å². The zero-order valence-electron chi connectivity index (χ0n) is 10.5. The van der Waals surface area contributed by atoms with Gasteiger partial charge in [-0.15, -0.1) is 23.7 Å². The topological polar surface area (TPSA) is 32.3 Å². The first kappa shape index (κ1) is 15.0. The van der Waals surface area contributed by atoms with Crippen molar-refractivity contribution in [3.63, 3.8) is 0 Å². The fourth-order valence-electron chi connectivity index (χ4n) is 1.73. The van der Waals surface area contributed by atoms with Gasteiger partial charge in [-0.05, 0) is 13.1 Å². The van der Waals surface area contributed by atoms with Crippen molar-refractivity contribution in [2.45, 2.75) is 0 Å². The summed E-state index contributed by atoms with van der Waals surface area (Å²) in [5, 5.41) is 6.05. The highest BCUT2D eigenvalue weighted by molar-refractivity contribution is 7.17. The highest BCUT2D eigenvalue weighted by Gasteiger charge is 2.15. The molecule has 1 N–H and O–H groups in total. The molecular weight excluding hydrogens is 268 g/mol. The number of carbonyl (C=O) groups is 1. The first-order valence-corrected chi connectivity index (χ1v) is 6.48. The van der Waals surface area contributed by atoms with Gasteiger partial charge in [0.25, 0.3) is 5.91 Å². The van der Waals surface area contributed by atoms with Crippen molar-refractivity contribution in [1.29, 1.82) is 0 Å². The molecule has 3 nitrogen and oxygen atoms in total. The number of hydrogen-bond donors (Lipinski definition) is 1. The lowest BCUT2D eigenvalue weighted by molar-refractivity contribution is 0.0799. The first-order valence-electron chi connectivity index (χ1n) is 5.60. The number of fused-ring (bicyclic) bond motifs is 1. The summed E-state index contributed by atoms with van der Waals surface area (Å²) in [5.41, 5.74) is 0.809. The van der Waals surface area contributed by atoms with Crippen LogP contribution in [0.4, 0.5) is 0 Å². The smallest absolute Gasteiger partial charge is 0.255 e. The molecule has 2 aromatic rings. The van der Waals surface area contributed by atoms with E-state index in [-0.39, 0.29) is 18.3 Å². The van der Waals surface area contributed by atoms with Crippen LogP contribution in [0, 0.1) is 0 Å². The first-order chi connectivity index (χ1) is 8.24. The lowest BCUT2D eigenvalue weighted by Crippen LogP contribution is -2.32. The zero-order valence-corrected chi connectivity index (χ0v) is 12.1. The molecule has 5 heteroatoms. The molecule has 98 valence electrons. The van der Waals surface area contributed by atoms with E-state index in [1.165, 1.54) is 0 Å². The number of rotatable bonds is 4. The lowest BCUT2D eigenvalue weighted by atomic mass is 10.1. The molecule has 0 aliphatic heterocycles. The Morgan fingerprint density at radius 3 is 2.83 bits per heavy atom. The van der Waals surface area contributed by atoms with Gasteiger partial charge in [-0.3, -0.25) is 4.79 Å². The average molecular weight is 285 g/mol. The summed E-state index contributed by atoms with van der Waals surface area (Å²) in [4.78, 5) is 14.0. The third-order valence-electron chi connectivity index (χ3n) is 2.76. The van der Waals surface area contributed by atoms with Gasteiger partial charge in [0.05, 0.1) is 5.56 Å². The molecule has 1 aromatic carbocycles. The largest absolute Gasteiger partial charge is 0.340 e. The van der Waals surface area contributed by atoms with E-state index in [0.29, 0.717) is 0 Å². The van der Waals surface area contributed by atoms with Crippen molar-refractivity contribution in [2.75, 3.05) is 27.2 Å². The molecule has 18 heavy (non-hydrogen) atoms. The molecule has 0 aliphatic rings. The van der Waals surface area contributed by atoms with Gasteiger partial charge in [-0.25, -0.2) is 0 Å². The van der Waals surface area contributed by atoms with Gasteiger partial charge in [0, 0.05) is 35.6 Å². The van der Waals surface area contributed by atoms with Crippen molar-refractivity contribution in [3.8, 4) is 0 Å². The van der Waals surface area contributed by atoms with Gasteiger partial charge in [0.2, 0.25) is 0 Å². The normalized spacial score (nSPS) is 10.1. The standard InChI is InChI=1S/C13H16N2OS.ClH/c1-14-7-8-15(2)13(16)11-9-17-12-6-4-3-5-10(11)12;/h3-6,9,14H,7-8H2,1-2H3;1H. The van der Waals surface area contributed by atoms with Gasteiger partial charge in [-0.2, -0.15) is 0 Å². The van der Waals surface area contributed by atoms with Crippen molar-refractivity contribution >= 4 is 39.7 Å². The molecule has 0 saturated carbocycles. The molecule has 0 unspecified atom stereocenters. The van der Waals surface area contributed by atoms with Crippen LogP contribution in [-0.4, -0.2) is 38.0 Å². The Morgan fingerprint density at radius 1 is 1.39 bits per heavy atom. The summed E-state index contributed by atoms with van der Waals surface area (Å²) in [6.45, 7) is 1.53. The number of likely N-dealkylation sites (N-methyl/N-ethyl adjacent to an activating group) is 2. The van der Waals surface area contributed by atoms with E-state index in [1.54, 1.807) is 16.2 Å². The summed E-state index contributed by atoms with van der Waals surface area (Å²) in [6.07, 6.45) is 0. The third-order valence-corrected chi connectivity index (χ3v) is 3.72. The highest BCUT2D eigenvalue weighted by Crippen LogP contribution is 2.26. The van der Waals surface area contributed by atoms with Gasteiger partial charge in [-0.1, -0.05) is 18.2 Å². The monoisotopic (exact) mass is 284 g/mol. The van der Waals surface area contributed by atoms with Crippen molar-refractivity contribution in [1.82, 2.24) is 10.2 Å². The lowest BCUT2D eigenvalue weighted by Gasteiger charge is -2.16. The van der Waals surface area contributed by atoms with Crippen LogP contribution >= 0.6 is 23.7 Å². The Kier molecular flexibility index (Phi) is 5.59. The molecule has 0 radical (unpaired) electrons. The quantitative estimate of drug-likeness (QED) is 0.936. The molecule has 0 fully saturated rings. The second-order valence-corrected chi connectivity index (χ2v) is 4.89. The van der Waals surface area contributed by atoms with E-state index in [0.717, 1.165) is 28.7 Å². The predicted octanol–water partition coefficient (Wildman–Crippen LogP) is 2.61. The summed E-state index contributed by atoms with van der Waals surface area (Å²) in [5.74, 6) is 0.0951. The number of nitrogens with one attached hydrogen (secondary N) is 1. The van der Waals surface area contributed by atoms with E-state index < -0.39 is 0 Å². The minimum Gasteiger partial charge on any atom is -0.340 e. The molecule has 2 rings (SSSR count). The number of carbonyl (C=O) groups excluding carboxylic acids is 1. The Hall–Kier alpha value is -1.10. The molecule has 1 heterocycles. The van der Waals surface area contributed by atoms with Crippen LogP contribution in [0.15, 0.2) is 29.6 Å². The van der Waals surface area contributed by atoms with Crippen molar-refractivity contribution in [2.24, 2.45) is 0 Å². The van der Waals surface area contributed by atoms with Crippen LogP contribution in [0.5, 0.6) is 0 Å². The maximum Gasteiger partial charge on any atom is 0.255 e. The molecule has 0 saturated heterocycles. The summed E-state index contributed by atoms with van der Waals surface area (Å²) in [7, 11) is 3.73. The molecule has 0 aliphatic carbocycles. The van der Waals surface area contributed by atoms with Crippen LogP contribution in [0.2, 0.25) is 0 Å². The maximum absolute atomic E-state index is 12.2. The van der Waals surface area contributed by atoms with Crippen LogP contribution < -0.4 is 5.32 Å². The Balaban J connectivity index is 0.00000162. The number of hydrogen-bond acceptors (Lipinski definition) is 3. The van der Waals surface area contributed by atoms with Crippen LogP contribution in [0.3, 0.4) is 0 Å². The fraction of sp³-hybridized carbons (Fsp3) is 0.308. The van der Waals surface area contributed by atoms with Gasteiger partial charge < -0.3 is 10.2 Å². The van der Waals surface area contributed by atoms with E-state index in [2.05, 4.69) is 5.32 Å². The SMILES string of the molecule is CNCCN(C)C(=O)c1csc2ccccc12.Cl. The fourth-order valence-corrected chi connectivity index (χ4v) is 2.66. The van der Waals surface area contributed by atoms with Gasteiger partial charge >= 0.3 is 0 Å². The highest BCUT2D eigenvalue weighted by atomic mass is 35.5. The second kappa shape index (κ2) is 6.73. The molecule has 0 spiro atoms. The van der Waals surface area contributed by atoms with Gasteiger partial charge in [0.1, 0.15) is 0 Å². The van der Waals surface area contributed by atoms with E-state index in [1.807, 2.05) is 43.7 Å². The molecular formula is C13H17ClN2OS. The van der Waals surface area contributed by atoms with Gasteiger partial charge in [0.15, 0.2) is 0 Å². The van der Waals surface area contributed by atoms with E-state index >= 15 is 0 Å². The third kappa shape index (κ3) is 3.02. The average Bonchev–Trinajstić information content (AvgIpc) is 2.78. The number of thiophene rings is 1. The summed E-state index contributed by atoms with van der Waals surface area (Å²) in [6, 6.07) is 8.02. The molecule has 0 atom stereocenters. The zero-order chi connectivity index (χ0) is 12.3. The Labute approximate surface area is 117 Å². The van der Waals surface area contributed by atoms with E-state index in [4.69, 9.17) is 0 Å². The minimum atomic E-state index is 0. The minimum absolute atomic E-state index is 0. The molecule has 1 amide bonds. The van der Waals surface area contributed by atoms with E-state index in [9.17, 15) is 4.79 Å². The van der Waals surface area contributed by atoms with Crippen molar-refractivity contribution < 1.29 is 4.79 Å². The summed E-state index contributed by atoms with van der Waals surface area (Å²) < 4.78 is 1.16. The molecule has 1 aromatic heterocycles. The Morgan fingerprint density at radius 2 is 2.11 bits per heavy atom. The van der Waals surface area contributed by atoms with Crippen LogP contribution in [0.1, 0.15) is 10.4 Å². The number of benzene rings is 1. The molecule has 0 bridgehead atoms. The number of nitrogens with zero attached hydrogens (tertiary/aromatic N) is 1. The summed E-state index contributed by atoms with van der Waals surface area (Å²) >= 11 is 1.62. The van der Waals surface area contributed by atoms with Crippen LogP contribution in [-0.2, 0) is 0 Å².